The molecule has 2 nitrogen and oxygen atoms in total. The van der Waals surface area contributed by atoms with Crippen molar-refractivity contribution in [3.63, 3.8) is 0 Å². The van der Waals surface area contributed by atoms with Gasteiger partial charge in [-0.05, 0) is 5.92 Å². The summed E-state index contributed by atoms with van der Waals surface area (Å²) in [6.07, 6.45) is 0.734. The van der Waals surface area contributed by atoms with Gasteiger partial charge in [-0.3, -0.25) is 9.59 Å². The van der Waals surface area contributed by atoms with Gasteiger partial charge in [0.25, 0.3) is 0 Å². The highest BCUT2D eigenvalue weighted by Crippen LogP contribution is 2.06. The molecule has 0 atom stereocenters. The number of Topliss-reactive ketones (excluding diaryl/α,β-unsaturated/α-hetero) is 2. The number of rotatable bonds is 5. The molecule has 0 N–H and O–H groups in total. The molecule has 0 bridgehead atoms. The molecule has 0 heterocycles. The smallest absolute Gasteiger partial charge is 0.137 e. The number of hydrogen-bond donors (Lipinski definition) is 0. The van der Waals surface area contributed by atoms with Crippen molar-refractivity contribution in [1.82, 2.24) is 0 Å². The van der Waals surface area contributed by atoms with E-state index in [1.54, 1.807) is 0 Å². The van der Waals surface area contributed by atoms with E-state index in [1.807, 2.05) is 41.5 Å². The van der Waals surface area contributed by atoms with E-state index >= 15 is 0 Å². The van der Waals surface area contributed by atoms with Crippen molar-refractivity contribution in [2.45, 2.75) is 69.2 Å². The molecule has 0 saturated carbocycles. The van der Waals surface area contributed by atoms with E-state index < -0.39 is 0 Å². The first-order valence-corrected chi connectivity index (χ1v) is 6.65. The Morgan fingerprint density at radius 1 is 0.722 bits per heavy atom. The summed E-state index contributed by atoms with van der Waals surface area (Å²) in [5.74, 6) is 1.87. The molecule has 110 valence electrons. The van der Waals surface area contributed by atoms with Crippen LogP contribution in [-0.2, 0) is 9.59 Å². The predicted molar refractivity (Wildman–Crippen MR) is 80.7 cm³/mol. The average Bonchev–Trinajstić information content (AvgIpc) is 2.15. The van der Waals surface area contributed by atoms with Crippen LogP contribution in [-0.4, -0.2) is 11.6 Å². The summed E-state index contributed by atoms with van der Waals surface area (Å²) in [5, 5.41) is 0. The molecule has 2 heteroatoms. The lowest BCUT2D eigenvalue weighted by Gasteiger charge is -2.05. The molecule has 0 radical (unpaired) electrons. The summed E-state index contributed by atoms with van der Waals surface area (Å²) < 4.78 is 0. The molecule has 0 aliphatic rings. The molecule has 18 heavy (non-hydrogen) atoms. The third kappa shape index (κ3) is 13.4. The fraction of sp³-hybridized carbons (Fsp3) is 0.875. The van der Waals surface area contributed by atoms with Gasteiger partial charge in [0.15, 0.2) is 0 Å². The maximum absolute atomic E-state index is 11.0. The van der Waals surface area contributed by atoms with Crippen molar-refractivity contribution in [2.24, 2.45) is 23.7 Å². The Labute approximate surface area is 115 Å². The quantitative estimate of drug-likeness (QED) is 0.712. The first kappa shape index (κ1) is 22.5. The Morgan fingerprint density at radius 2 is 1.06 bits per heavy atom. The number of carbonyl (C=O) groups excluding carboxylic acids is 2. The summed E-state index contributed by atoms with van der Waals surface area (Å²) in [6.45, 7) is 15.8. The van der Waals surface area contributed by atoms with Gasteiger partial charge in [0.05, 0.1) is 0 Å². The van der Waals surface area contributed by atoms with Gasteiger partial charge in [-0.25, -0.2) is 0 Å². The van der Waals surface area contributed by atoms with Gasteiger partial charge in [0, 0.05) is 24.2 Å². The molecule has 0 amide bonds. The van der Waals surface area contributed by atoms with Crippen LogP contribution in [0.4, 0.5) is 0 Å². The van der Waals surface area contributed by atoms with Crippen molar-refractivity contribution in [3.8, 4) is 0 Å². The molecule has 0 spiro atoms. The lowest BCUT2D eigenvalue weighted by atomic mass is 9.99. The molecule has 0 aliphatic heterocycles. The molecule has 0 aromatic carbocycles. The second kappa shape index (κ2) is 11.4. The maximum Gasteiger partial charge on any atom is 0.137 e. The zero-order chi connectivity index (χ0) is 14.2. The summed E-state index contributed by atoms with van der Waals surface area (Å²) in [4.78, 5) is 21.8. The minimum absolute atomic E-state index is 0. The van der Waals surface area contributed by atoms with Crippen LogP contribution in [0, 0.1) is 23.7 Å². The Morgan fingerprint density at radius 3 is 1.11 bits per heavy atom. The largest absolute Gasteiger partial charge is 0.299 e. The van der Waals surface area contributed by atoms with Crippen molar-refractivity contribution >= 4 is 11.6 Å². The van der Waals surface area contributed by atoms with E-state index in [0.29, 0.717) is 17.5 Å². The van der Waals surface area contributed by atoms with Gasteiger partial charge in [0.2, 0.25) is 0 Å². The van der Waals surface area contributed by atoms with E-state index in [9.17, 15) is 9.59 Å². The summed E-state index contributed by atoms with van der Waals surface area (Å²) in [7, 11) is 0. The average molecular weight is 258 g/mol. The molecule has 0 rings (SSSR count). The summed E-state index contributed by atoms with van der Waals surface area (Å²) in [5.41, 5.74) is 0. The number of ketones is 2. The molecular formula is C16H34O2. The van der Waals surface area contributed by atoms with Crippen molar-refractivity contribution in [1.29, 1.82) is 0 Å². The standard InChI is InChI=1S/C8H16O.C7H14O.CH4/c1-6(2)5-8(9)7(3)4;1-5(2)7(8)6(3)4;/h6-7H,5H2,1-4H3;5-6H,1-4H3;1H4. The van der Waals surface area contributed by atoms with Gasteiger partial charge in [-0.15, -0.1) is 0 Å². The van der Waals surface area contributed by atoms with Crippen LogP contribution in [0.1, 0.15) is 69.2 Å². The minimum atomic E-state index is 0. The molecule has 0 aromatic rings. The minimum Gasteiger partial charge on any atom is -0.299 e. The third-order valence-corrected chi connectivity index (χ3v) is 2.39. The van der Waals surface area contributed by atoms with E-state index in [0.717, 1.165) is 6.42 Å². The van der Waals surface area contributed by atoms with Crippen LogP contribution < -0.4 is 0 Å². The second-order valence-corrected chi connectivity index (χ2v) is 5.93. The monoisotopic (exact) mass is 258 g/mol. The number of hydrogen-bond acceptors (Lipinski definition) is 2. The zero-order valence-electron chi connectivity index (χ0n) is 12.8. The highest BCUT2D eigenvalue weighted by atomic mass is 16.1. The Kier molecular flexibility index (Phi) is 14.3. The lowest BCUT2D eigenvalue weighted by Crippen LogP contribution is -2.13. The van der Waals surface area contributed by atoms with Crippen molar-refractivity contribution in [2.75, 3.05) is 0 Å². The van der Waals surface area contributed by atoms with Crippen LogP contribution >= 0.6 is 0 Å². The van der Waals surface area contributed by atoms with E-state index in [4.69, 9.17) is 0 Å². The topological polar surface area (TPSA) is 34.1 Å². The number of carbonyl (C=O) groups is 2. The third-order valence-electron chi connectivity index (χ3n) is 2.39. The van der Waals surface area contributed by atoms with Gasteiger partial charge < -0.3 is 0 Å². The molecular weight excluding hydrogens is 224 g/mol. The van der Waals surface area contributed by atoms with Crippen LogP contribution in [0.3, 0.4) is 0 Å². The second-order valence-electron chi connectivity index (χ2n) is 5.93. The summed E-state index contributed by atoms with van der Waals surface area (Å²) in [6, 6.07) is 0. The van der Waals surface area contributed by atoms with E-state index in [1.165, 1.54) is 0 Å². The van der Waals surface area contributed by atoms with E-state index in [-0.39, 0.29) is 25.2 Å². The van der Waals surface area contributed by atoms with Gasteiger partial charge >= 0.3 is 0 Å². The highest BCUT2D eigenvalue weighted by molar-refractivity contribution is 5.82. The zero-order valence-corrected chi connectivity index (χ0v) is 12.8. The van der Waals surface area contributed by atoms with Gasteiger partial charge in [-0.2, -0.15) is 0 Å². The first-order valence-electron chi connectivity index (χ1n) is 6.65. The van der Waals surface area contributed by atoms with Crippen molar-refractivity contribution < 1.29 is 9.59 Å². The van der Waals surface area contributed by atoms with Crippen LogP contribution in [0.25, 0.3) is 0 Å². The van der Waals surface area contributed by atoms with Gasteiger partial charge in [-0.1, -0.05) is 62.8 Å². The molecule has 0 saturated heterocycles. The van der Waals surface area contributed by atoms with Crippen LogP contribution in [0.2, 0.25) is 0 Å². The molecule has 0 aromatic heterocycles. The fourth-order valence-electron chi connectivity index (χ4n) is 1.30. The maximum atomic E-state index is 11.0. The van der Waals surface area contributed by atoms with Crippen molar-refractivity contribution in [3.05, 3.63) is 0 Å². The van der Waals surface area contributed by atoms with E-state index in [2.05, 4.69) is 13.8 Å². The molecule has 0 aliphatic carbocycles. The first-order chi connectivity index (χ1) is 7.59. The highest BCUT2D eigenvalue weighted by Gasteiger charge is 2.10. The fourth-order valence-corrected chi connectivity index (χ4v) is 1.30. The normalized spacial score (nSPS) is 10.2. The van der Waals surface area contributed by atoms with Gasteiger partial charge in [0.1, 0.15) is 11.6 Å². The molecule has 0 fully saturated rings. The molecule has 0 unspecified atom stereocenters. The Balaban J connectivity index is -0.000000238. The van der Waals surface area contributed by atoms with Crippen LogP contribution in [0.15, 0.2) is 0 Å². The summed E-state index contributed by atoms with van der Waals surface area (Å²) >= 11 is 0. The Hall–Kier alpha value is -0.660. The predicted octanol–water partition coefficient (Wildman–Crippen LogP) is 4.76. The lowest BCUT2D eigenvalue weighted by molar-refractivity contribution is -0.125. The van der Waals surface area contributed by atoms with Crippen LogP contribution in [0.5, 0.6) is 0 Å². The Bertz CT molecular complexity index is 215. The SMILES string of the molecule is C.CC(C)C(=O)C(C)C.CC(C)CC(=O)C(C)C.